The van der Waals surface area contributed by atoms with Crippen LogP contribution in [0.15, 0.2) is 4.99 Å². The molecule has 0 unspecified atom stereocenters. The van der Waals surface area contributed by atoms with Crippen molar-refractivity contribution >= 4 is 36.0 Å². The van der Waals surface area contributed by atoms with E-state index < -0.39 is 5.60 Å². The molecule has 2 aliphatic heterocycles. The standard InChI is InChI=1S/C20H38N4O3.HI/c1-7-23(18(25)27-19(2,3)4)12-16-8-10-24(11-9-16)17(21-6)22-13-20(5)14-26-15-20;/h16H,7-15H2,1-6H3,(H,21,22);1H. The van der Waals surface area contributed by atoms with Gasteiger partial charge in [0.15, 0.2) is 5.96 Å². The Labute approximate surface area is 187 Å². The second-order valence-electron chi connectivity index (χ2n) is 9.15. The molecule has 7 nitrogen and oxygen atoms in total. The molecule has 0 aromatic carbocycles. The maximum atomic E-state index is 12.3. The maximum Gasteiger partial charge on any atom is 0.410 e. The molecule has 2 aliphatic rings. The molecular weight excluding hydrogens is 471 g/mol. The summed E-state index contributed by atoms with van der Waals surface area (Å²) in [5, 5.41) is 3.50. The molecule has 0 radical (unpaired) electrons. The predicted molar refractivity (Wildman–Crippen MR) is 123 cm³/mol. The fraction of sp³-hybridized carbons (Fsp3) is 0.900. The van der Waals surface area contributed by atoms with Gasteiger partial charge in [0.25, 0.3) is 0 Å². The van der Waals surface area contributed by atoms with E-state index in [0.717, 1.165) is 58.2 Å². The second-order valence-corrected chi connectivity index (χ2v) is 9.15. The van der Waals surface area contributed by atoms with E-state index in [1.54, 1.807) is 0 Å². The van der Waals surface area contributed by atoms with Crippen LogP contribution < -0.4 is 5.32 Å². The minimum absolute atomic E-state index is 0. The zero-order chi connectivity index (χ0) is 20.1. The number of carbonyl (C=O) groups is 1. The summed E-state index contributed by atoms with van der Waals surface area (Å²) >= 11 is 0. The number of rotatable bonds is 5. The number of hydrogen-bond donors (Lipinski definition) is 1. The van der Waals surface area contributed by atoms with Crippen molar-refractivity contribution in [3.63, 3.8) is 0 Å². The average molecular weight is 510 g/mol. The molecule has 1 N–H and O–H groups in total. The van der Waals surface area contributed by atoms with Gasteiger partial charge in [0.1, 0.15) is 5.60 Å². The Hall–Kier alpha value is -0.770. The third-order valence-electron chi connectivity index (χ3n) is 5.21. The molecule has 1 amide bonds. The van der Waals surface area contributed by atoms with E-state index in [4.69, 9.17) is 9.47 Å². The van der Waals surface area contributed by atoms with Crippen LogP contribution in [0.2, 0.25) is 0 Å². The smallest absolute Gasteiger partial charge is 0.410 e. The summed E-state index contributed by atoms with van der Waals surface area (Å²) in [6, 6.07) is 0. The minimum Gasteiger partial charge on any atom is -0.444 e. The number of ether oxygens (including phenoxy) is 2. The lowest BCUT2D eigenvalue weighted by Gasteiger charge is -2.40. The quantitative estimate of drug-likeness (QED) is 0.350. The van der Waals surface area contributed by atoms with Crippen molar-refractivity contribution in [2.75, 3.05) is 53.0 Å². The number of aliphatic imine (C=N–C) groups is 1. The van der Waals surface area contributed by atoms with Crippen LogP contribution in [0, 0.1) is 11.3 Å². The SMILES string of the molecule is CCN(CC1CCN(C(=NC)NCC2(C)COC2)CC1)C(=O)OC(C)(C)C.I. The van der Waals surface area contributed by atoms with Crippen molar-refractivity contribution in [2.24, 2.45) is 16.3 Å². The molecule has 0 aromatic rings. The lowest BCUT2D eigenvalue weighted by molar-refractivity contribution is -0.0973. The van der Waals surface area contributed by atoms with E-state index in [1.165, 1.54) is 0 Å². The number of guanidine groups is 1. The number of nitrogens with zero attached hydrogens (tertiary/aromatic N) is 3. The lowest BCUT2D eigenvalue weighted by Crippen LogP contribution is -2.53. The van der Waals surface area contributed by atoms with Crippen LogP contribution in [-0.4, -0.2) is 80.4 Å². The van der Waals surface area contributed by atoms with Gasteiger partial charge in [0.2, 0.25) is 0 Å². The number of nitrogens with one attached hydrogen (secondary N) is 1. The maximum absolute atomic E-state index is 12.3. The minimum atomic E-state index is -0.450. The van der Waals surface area contributed by atoms with Gasteiger partial charge >= 0.3 is 6.09 Å². The van der Waals surface area contributed by atoms with Crippen molar-refractivity contribution in [1.29, 1.82) is 0 Å². The van der Waals surface area contributed by atoms with Crippen LogP contribution in [-0.2, 0) is 9.47 Å². The summed E-state index contributed by atoms with van der Waals surface area (Å²) in [5.74, 6) is 1.48. The second kappa shape index (κ2) is 10.8. The van der Waals surface area contributed by atoms with Crippen molar-refractivity contribution in [3.8, 4) is 0 Å². The molecular formula is C20H39IN4O3. The molecule has 2 saturated heterocycles. The highest BCUT2D eigenvalue weighted by Crippen LogP contribution is 2.25. The van der Waals surface area contributed by atoms with Gasteiger partial charge in [-0.25, -0.2) is 4.79 Å². The van der Waals surface area contributed by atoms with Crippen LogP contribution in [0.25, 0.3) is 0 Å². The molecule has 0 aliphatic carbocycles. The number of halogens is 1. The van der Waals surface area contributed by atoms with E-state index in [1.807, 2.05) is 39.6 Å². The Kier molecular flexibility index (Phi) is 9.79. The van der Waals surface area contributed by atoms with E-state index >= 15 is 0 Å². The number of carbonyl (C=O) groups excluding carboxylic acids is 1. The van der Waals surface area contributed by atoms with Crippen molar-refractivity contribution in [1.82, 2.24) is 15.1 Å². The highest BCUT2D eigenvalue weighted by Gasteiger charge is 2.34. The number of hydrogen-bond acceptors (Lipinski definition) is 4. The van der Waals surface area contributed by atoms with Gasteiger partial charge in [0, 0.05) is 45.2 Å². The molecule has 2 heterocycles. The Morgan fingerprint density at radius 2 is 1.93 bits per heavy atom. The zero-order valence-electron chi connectivity index (χ0n) is 18.4. The monoisotopic (exact) mass is 510 g/mol. The Morgan fingerprint density at radius 3 is 2.36 bits per heavy atom. The molecule has 0 atom stereocenters. The summed E-state index contributed by atoms with van der Waals surface area (Å²) in [6.45, 7) is 15.9. The Morgan fingerprint density at radius 1 is 1.32 bits per heavy atom. The summed E-state index contributed by atoms with van der Waals surface area (Å²) in [4.78, 5) is 21.0. The molecule has 0 saturated carbocycles. The highest BCUT2D eigenvalue weighted by atomic mass is 127. The molecule has 0 aromatic heterocycles. The fourth-order valence-electron chi connectivity index (χ4n) is 3.48. The third-order valence-corrected chi connectivity index (χ3v) is 5.21. The first-order valence-corrected chi connectivity index (χ1v) is 10.2. The van der Waals surface area contributed by atoms with Gasteiger partial charge in [-0.3, -0.25) is 4.99 Å². The van der Waals surface area contributed by atoms with Crippen LogP contribution in [0.4, 0.5) is 4.79 Å². The largest absolute Gasteiger partial charge is 0.444 e. The highest BCUT2D eigenvalue weighted by molar-refractivity contribution is 14.0. The van der Waals surface area contributed by atoms with Crippen LogP contribution in [0.1, 0.15) is 47.5 Å². The van der Waals surface area contributed by atoms with Crippen LogP contribution >= 0.6 is 24.0 Å². The van der Waals surface area contributed by atoms with Crippen molar-refractivity contribution < 1.29 is 14.3 Å². The van der Waals surface area contributed by atoms with E-state index in [2.05, 4.69) is 22.1 Å². The molecule has 164 valence electrons. The van der Waals surface area contributed by atoms with Gasteiger partial charge in [0.05, 0.1) is 13.2 Å². The molecule has 0 spiro atoms. The van der Waals surface area contributed by atoms with Gasteiger partial charge in [-0.05, 0) is 46.5 Å². The fourth-order valence-corrected chi connectivity index (χ4v) is 3.48. The van der Waals surface area contributed by atoms with Gasteiger partial charge in [-0.2, -0.15) is 0 Å². The topological polar surface area (TPSA) is 66.4 Å². The van der Waals surface area contributed by atoms with E-state index in [-0.39, 0.29) is 35.5 Å². The molecule has 8 heteroatoms. The lowest BCUT2D eigenvalue weighted by atomic mass is 9.89. The first-order chi connectivity index (χ1) is 12.7. The molecule has 28 heavy (non-hydrogen) atoms. The Bertz CT molecular complexity index is 524. The van der Waals surface area contributed by atoms with E-state index in [0.29, 0.717) is 12.5 Å². The number of amides is 1. The van der Waals surface area contributed by atoms with Gasteiger partial charge < -0.3 is 24.6 Å². The number of likely N-dealkylation sites (tertiary alicyclic amines) is 1. The van der Waals surface area contributed by atoms with Gasteiger partial charge in [-0.15, -0.1) is 24.0 Å². The van der Waals surface area contributed by atoms with Crippen molar-refractivity contribution in [3.05, 3.63) is 0 Å². The summed E-state index contributed by atoms with van der Waals surface area (Å²) in [6.07, 6.45) is 1.90. The van der Waals surface area contributed by atoms with Gasteiger partial charge in [-0.1, -0.05) is 6.92 Å². The van der Waals surface area contributed by atoms with Crippen LogP contribution in [0.3, 0.4) is 0 Å². The zero-order valence-corrected chi connectivity index (χ0v) is 20.7. The van der Waals surface area contributed by atoms with Crippen LogP contribution in [0.5, 0.6) is 0 Å². The van der Waals surface area contributed by atoms with Crippen molar-refractivity contribution in [2.45, 2.75) is 53.1 Å². The summed E-state index contributed by atoms with van der Waals surface area (Å²) < 4.78 is 10.9. The molecule has 0 bridgehead atoms. The number of piperidine rings is 1. The normalized spacial score (nSPS) is 20.1. The first kappa shape index (κ1) is 25.3. The summed E-state index contributed by atoms with van der Waals surface area (Å²) in [5.41, 5.74) is -0.225. The first-order valence-electron chi connectivity index (χ1n) is 10.2. The molecule has 2 rings (SSSR count). The van der Waals surface area contributed by atoms with E-state index in [9.17, 15) is 4.79 Å². The summed E-state index contributed by atoms with van der Waals surface area (Å²) in [7, 11) is 1.84. The predicted octanol–water partition coefficient (Wildman–Crippen LogP) is 3.19. The third kappa shape index (κ3) is 7.57. The Balaban J connectivity index is 0.00000392. The average Bonchev–Trinajstić information content (AvgIpc) is 2.58. The molecule has 2 fully saturated rings.